The number of para-hydroxylation sites is 1. The second-order valence-electron chi connectivity index (χ2n) is 5.92. The molecule has 1 fully saturated rings. The third-order valence-electron chi connectivity index (χ3n) is 4.37. The zero-order valence-electron chi connectivity index (χ0n) is 12.8. The maximum Gasteiger partial charge on any atom is 0.239 e. The van der Waals surface area contributed by atoms with Crippen molar-refractivity contribution in [1.29, 1.82) is 0 Å². The van der Waals surface area contributed by atoms with E-state index >= 15 is 0 Å². The maximum atomic E-state index is 12.3. The van der Waals surface area contributed by atoms with Crippen LogP contribution in [0.3, 0.4) is 0 Å². The molecule has 4 nitrogen and oxygen atoms in total. The lowest BCUT2D eigenvalue weighted by atomic mass is 10.1. The van der Waals surface area contributed by atoms with Crippen LogP contribution in [-0.4, -0.2) is 34.5 Å². The fourth-order valence-electron chi connectivity index (χ4n) is 3.13. The lowest BCUT2D eigenvalue weighted by molar-refractivity contribution is -0.131. The van der Waals surface area contributed by atoms with Crippen LogP contribution in [0, 0.1) is 0 Å². The van der Waals surface area contributed by atoms with Crippen LogP contribution >= 0.6 is 0 Å². The van der Waals surface area contributed by atoms with Crippen molar-refractivity contribution in [3.05, 3.63) is 36.0 Å². The Morgan fingerprint density at radius 2 is 2.00 bits per heavy atom. The van der Waals surface area contributed by atoms with Crippen LogP contribution in [-0.2, 0) is 18.4 Å². The number of benzene rings is 1. The number of nitrogens with one attached hydrogen (secondary N) is 1. The van der Waals surface area contributed by atoms with Crippen molar-refractivity contribution in [3.8, 4) is 0 Å². The van der Waals surface area contributed by atoms with Gasteiger partial charge in [0, 0.05) is 43.8 Å². The highest BCUT2D eigenvalue weighted by atomic mass is 16.2. The molecule has 0 radical (unpaired) electrons. The molecule has 2 aromatic rings. The van der Waals surface area contributed by atoms with Crippen molar-refractivity contribution in [2.45, 2.75) is 32.4 Å². The summed E-state index contributed by atoms with van der Waals surface area (Å²) in [6, 6.07) is 8.25. The number of likely N-dealkylation sites (tertiary alicyclic amines) is 1. The molecule has 0 saturated carbocycles. The normalized spacial score (nSPS) is 16.6. The predicted molar refractivity (Wildman–Crippen MR) is 85.0 cm³/mol. The van der Waals surface area contributed by atoms with Gasteiger partial charge in [-0.3, -0.25) is 4.79 Å². The SMILES string of the molecule is CC(NCc1cn(C)c2ccccc12)C(=O)N1CCCC1. The van der Waals surface area contributed by atoms with E-state index in [1.807, 2.05) is 11.8 Å². The summed E-state index contributed by atoms with van der Waals surface area (Å²) in [6.45, 7) is 4.52. The molecule has 4 heteroatoms. The van der Waals surface area contributed by atoms with E-state index in [2.05, 4.69) is 47.4 Å². The van der Waals surface area contributed by atoms with Crippen molar-refractivity contribution in [2.24, 2.45) is 7.05 Å². The summed E-state index contributed by atoms with van der Waals surface area (Å²) in [5, 5.41) is 4.63. The second kappa shape index (κ2) is 5.90. The minimum atomic E-state index is -0.123. The van der Waals surface area contributed by atoms with Crippen molar-refractivity contribution in [2.75, 3.05) is 13.1 Å². The number of rotatable bonds is 4. The summed E-state index contributed by atoms with van der Waals surface area (Å²) in [6.07, 6.45) is 4.42. The van der Waals surface area contributed by atoms with Gasteiger partial charge in [-0.1, -0.05) is 18.2 Å². The average molecular weight is 285 g/mol. The molecule has 1 saturated heterocycles. The summed E-state index contributed by atoms with van der Waals surface area (Å²) in [7, 11) is 2.06. The molecule has 0 bridgehead atoms. The number of amides is 1. The van der Waals surface area contributed by atoms with Gasteiger partial charge in [-0.05, 0) is 31.4 Å². The van der Waals surface area contributed by atoms with Crippen LogP contribution in [0.5, 0.6) is 0 Å². The van der Waals surface area contributed by atoms with Gasteiger partial charge in [-0.15, -0.1) is 0 Å². The zero-order chi connectivity index (χ0) is 14.8. The highest BCUT2D eigenvalue weighted by Gasteiger charge is 2.22. The molecular formula is C17H23N3O. The third kappa shape index (κ3) is 2.81. The van der Waals surface area contributed by atoms with Gasteiger partial charge in [-0.25, -0.2) is 0 Å². The molecule has 21 heavy (non-hydrogen) atoms. The van der Waals surface area contributed by atoms with Gasteiger partial charge in [-0.2, -0.15) is 0 Å². The lowest BCUT2D eigenvalue weighted by Crippen LogP contribution is -2.43. The van der Waals surface area contributed by atoms with E-state index in [0.717, 1.165) is 32.5 Å². The number of fused-ring (bicyclic) bond motifs is 1. The molecule has 1 N–H and O–H groups in total. The van der Waals surface area contributed by atoms with Crippen LogP contribution in [0.4, 0.5) is 0 Å². The second-order valence-corrected chi connectivity index (χ2v) is 5.92. The van der Waals surface area contributed by atoms with Gasteiger partial charge in [0.05, 0.1) is 6.04 Å². The number of carbonyl (C=O) groups is 1. The monoisotopic (exact) mass is 285 g/mol. The average Bonchev–Trinajstić information content (AvgIpc) is 3.13. The van der Waals surface area contributed by atoms with Gasteiger partial charge in [0.2, 0.25) is 5.91 Å². The van der Waals surface area contributed by atoms with E-state index in [0.29, 0.717) is 0 Å². The van der Waals surface area contributed by atoms with Gasteiger partial charge < -0.3 is 14.8 Å². The summed E-state index contributed by atoms with van der Waals surface area (Å²) < 4.78 is 2.14. The highest BCUT2D eigenvalue weighted by molar-refractivity contribution is 5.84. The first kappa shape index (κ1) is 14.1. The van der Waals surface area contributed by atoms with Crippen LogP contribution in [0.1, 0.15) is 25.3 Å². The molecule has 1 unspecified atom stereocenters. The Morgan fingerprint density at radius 1 is 1.29 bits per heavy atom. The summed E-state index contributed by atoms with van der Waals surface area (Å²) in [5.41, 5.74) is 2.47. The molecular weight excluding hydrogens is 262 g/mol. The Labute approximate surface area is 125 Å². The minimum absolute atomic E-state index is 0.123. The molecule has 0 aliphatic carbocycles. The molecule has 3 rings (SSSR count). The molecule has 2 heterocycles. The van der Waals surface area contributed by atoms with E-state index in [1.165, 1.54) is 16.5 Å². The van der Waals surface area contributed by atoms with Crippen LogP contribution in [0.25, 0.3) is 10.9 Å². The summed E-state index contributed by atoms with van der Waals surface area (Å²) >= 11 is 0. The van der Waals surface area contributed by atoms with E-state index in [-0.39, 0.29) is 11.9 Å². The van der Waals surface area contributed by atoms with Crippen molar-refractivity contribution in [3.63, 3.8) is 0 Å². The standard InChI is InChI=1S/C17H23N3O/c1-13(17(21)20-9-5-6-10-20)18-11-14-12-19(2)16-8-4-3-7-15(14)16/h3-4,7-8,12-13,18H,5-6,9-11H2,1-2H3. The maximum absolute atomic E-state index is 12.3. The molecule has 0 spiro atoms. The third-order valence-corrected chi connectivity index (χ3v) is 4.37. The first-order chi connectivity index (χ1) is 10.2. The molecule has 1 amide bonds. The molecule has 1 aliphatic heterocycles. The number of hydrogen-bond donors (Lipinski definition) is 1. The highest BCUT2D eigenvalue weighted by Crippen LogP contribution is 2.20. The number of carbonyl (C=O) groups excluding carboxylic acids is 1. The van der Waals surface area contributed by atoms with E-state index < -0.39 is 0 Å². The van der Waals surface area contributed by atoms with E-state index in [9.17, 15) is 4.79 Å². The summed E-state index contributed by atoms with van der Waals surface area (Å²) in [5.74, 6) is 0.229. The molecule has 1 aliphatic rings. The minimum Gasteiger partial charge on any atom is -0.350 e. The van der Waals surface area contributed by atoms with Gasteiger partial charge in [0.1, 0.15) is 0 Å². The van der Waals surface area contributed by atoms with E-state index in [1.54, 1.807) is 0 Å². The van der Waals surface area contributed by atoms with Crippen LogP contribution < -0.4 is 5.32 Å². The van der Waals surface area contributed by atoms with Gasteiger partial charge >= 0.3 is 0 Å². The summed E-state index contributed by atoms with van der Waals surface area (Å²) in [4.78, 5) is 14.3. The lowest BCUT2D eigenvalue weighted by Gasteiger charge is -2.21. The fourth-order valence-corrected chi connectivity index (χ4v) is 3.13. The number of nitrogens with zero attached hydrogens (tertiary/aromatic N) is 2. The number of aryl methyl sites for hydroxylation is 1. The Bertz CT molecular complexity index is 641. The van der Waals surface area contributed by atoms with E-state index in [4.69, 9.17) is 0 Å². The largest absolute Gasteiger partial charge is 0.350 e. The number of hydrogen-bond acceptors (Lipinski definition) is 2. The number of aromatic nitrogens is 1. The van der Waals surface area contributed by atoms with Crippen LogP contribution in [0.2, 0.25) is 0 Å². The Hall–Kier alpha value is -1.81. The Morgan fingerprint density at radius 3 is 2.76 bits per heavy atom. The molecule has 112 valence electrons. The first-order valence-electron chi connectivity index (χ1n) is 7.72. The topological polar surface area (TPSA) is 37.3 Å². The van der Waals surface area contributed by atoms with Gasteiger partial charge in [0.15, 0.2) is 0 Å². The molecule has 1 aromatic carbocycles. The fraction of sp³-hybridized carbons (Fsp3) is 0.471. The molecule has 1 aromatic heterocycles. The van der Waals surface area contributed by atoms with Gasteiger partial charge in [0.25, 0.3) is 0 Å². The van der Waals surface area contributed by atoms with Crippen molar-refractivity contribution >= 4 is 16.8 Å². The Kier molecular flexibility index (Phi) is 3.97. The molecule has 1 atom stereocenters. The van der Waals surface area contributed by atoms with Crippen LogP contribution in [0.15, 0.2) is 30.5 Å². The van der Waals surface area contributed by atoms with Crippen molar-refractivity contribution < 1.29 is 4.79 Å². The quantitative estimate of drug-likeness (QED) is 0.936. The predicted octanol–water partition coefficient (Wildman–Crippen LogP) is 2.28. The van der Waals surface area contributed by atoms with Crippen molar-refractivity contribution in [1.82, 2.24) is 14.8 Å². The Balaban J connectivity index is 1.67. The first-order valence-corrected chi connectivity index (χ1v) is 7.72. The zero-order valence-corrected chi connectivity index (χ0v) is 12.8. The smallest absolute Gasteiger partial charge is 0.239 e.